The number of ether oxygens (including phenoxy) is 1. The molecule has 4 aromatic rings. The topological polar surface area (TPSA) is 86.1 Å². The summed E-state index contributed by atoms with van der Waals surface area (Å²) in [6, 6.07) is 15.5. The molecule has 7 nitrogen and oxygen atoms in total. The Hall–Kier alpha value is -3.52. The van der Waals surface area contributed by atoms with Crippen LogP contribution in [0.3, 0.4) is 0 Å². The van der Waals surface area contributed by atoms with E-state index in [1.165, 1.54) is 11.3 Å². The van der Waals surface area contributed by atoms with Gasteiger partial charge in [-0.05, 0) is 18.2 Å². The molecule has 0 radical (unpaired) electrons. The van der Waals surface area contributed by atoms with Gasteiger partial charge in [0.05, 0.1) is 10.9 Å². The molecule has 0 atom stereocenters. The summed E-state index contributed by atoms with van der Waals surface area (Å²) < 4.78 is 6.52. The van der Waals surface area contributed by atoms with Crippen molar-refractivity contribution in [2.24, 2.45) is 0 Å². The molecule has 140 valence electrons. The lowest BCUT2D eigenvalue weighted by atomic mass is 10.1. The molecule has 0 aliphatic carbocycles. The second-order valence-electron chi connectivity index (χ2n) is 5.94. The van der Waals surface area contributed by atoms with E-state index in [0.717, 1.165) is 22.2 Å². The maximum absolute atomic E-state index is 11.8. The summed E-state index contributed by atoms with van der Waals surface area (Å²) >= 11 is 1.31. The number of carbonyl (C=O) groups excluding carboxylic acids is 2. The van der Waals surface area contributed by atoms with Crippen molar-refractivity contribution < 1.29 is 14.3 Å². The van der Waals surface area contributed by atoms with Crippen molar-refractivity contribution in [3.63, 3.8) is 0 Å². The van der Waals surface area contributed by atoms with Gasteiger partial charge < -0.3 is 10.1 Å². The van der Waals surface area contributed by atoms with Crippen LogP contribution < -0.4 is 10.1 Å². The fourth-order valence-corrected chi connectivity index (χ4v) is 3.54. The highest BCUT2D eigenvalue weighted by atomic mass is 32.1. The van der Waals surface area contributed by atoms with Crippen molar-refractivity contribution in [3.8, 4) is 22.3 Å². The standard InChI is InChI=1S/C20H16N4O3S/c1-2-17(26)21-14-8-9-15-16(10-14)24(20-22-18(11-28-20)27-12-25)23-19(15)13-6-4-3-5-7-13/h3-12H,2H2,1H3,(H,21,26). The molecule has 0 fully saturated rings. The Morgan fingerprint density at radius 1 is 1.25 bits per heavy atom. The van der Waals surface area contributed by atoms with Gasteiger partial charge in [0, 0.05) is 23.1 Å². The second-order valence-corrected chi connectivity index (χ2v) is 6.78. The summed E-state index contributed by atoms with van der Waals surface area (Å²) in [5.41, 5.74) is 3.25. The van der Waals surface area contributed by atoms with Crippen LogP contribution in [-0.2, 0) is 9.59 Å². The van der Waals surface area contributed by atoms with Crippen LogP contribution in [0.15, 0.2) is 53.9 Å². The van der Waals surface area contributed by atoms with Crippen LogP contribution in [0.5, 0.6) is 5.88 Å². The van der Waals surface area contributed by atoms with Crippen LogP contribution in [0.25, 0.3) is 27.3 Å². The van der Waals surface area contributed by atoms with Gasteiger partial charge in [-0.3, -0.25) is 9.59 Å². The molecular weight excluding hydrogens is 376 g/mol. The summed E-state index contributed by atoms with van der Waals surface area (Å²) in [5.74, 6) is 0.153. The molecule has 1 N–H and O–H groups in total. The molecular formula is C20H16N4O3S. The monoisotopic (exact) mass is 392 g/mol. The molecule has 2 aromatic heterocycles. The molecule has 0 unspecified atom stereocenters. The highest BCUT2D eigenvalue weighted by Crippen LogP contribution is 2.33. The number of nitrogens with one attached hydrogen (secondary N) is 1. The maximum atomic E-state index is 11.8. The van der Waals surface area contributed by atoms with E-state index in [0.29, 0.717) is 23.7 Å². The van der Waals surface area contributed by atoms with Gasteiger partial charge in [-0.2, -0.15) is 10.1 Å². The lowest BCUT2D eigenvalue weighted by Gasteiger charge is -2.04. The minimum absolute atomic E-state index is 0.0652. The number of anilines is 1. The van der Waals surface area contributed by atoms with E-state index in [-0.39, 0.29) is 11.8 Å². The maximum Gasteiger partial charge on any atom is 0.299 e. The van der Waals surface area contributed by atoms with Crippen LogP contribution in [0.4, 0.5) is 5.69 Å². The Kier molecular flexibility index (Phi) is 4.86. The van der Waals surface area contributed by atoms with Crippen molar-refractivity contribution in [1.82, 2.24) is 14.8 Å². The van der Waals surface area contributed by atoms with Gasteiger partial charge in [0.2, 0.25) is 16.9 Å². The third-order valence-corrected chi connectivity index (χ3v) is 4.95. The molecule has 8 heteroatoms. The smallest absolute Gasteiger partial charge is 0.299 e. The molecule has 28 heavy (non-hydrogen) atoms. The number of thiazole rings is 1. The zero-order valence-corrected chi connectivity index (χ0v) is 15.8. The van der Waals surface area contributed by atoms with E-state index in [1.807, 2.05) is 48.5 Å². The zero-order valence-electron chi connectivity index (χ0n) is 15.0. The first-order valence-electron chi connectivity index (χ1n) is 8.64. The summed E-state index contributed by atoms with van der Waals surface area (Å²) in [6.07, 6.45) is 0.394. The van der Waals surface area contributed by atoms with Crippen LogP contribution in [0.1, 0.15) is 13.3 Å². The van der Waals surface area contributed by atoms with E-state index in [9.17, 15) is 9.59 Å². The normalized spacial score (nSPS) is 10.8. The van der Waals surface area contributed by atoms with Gasteiger partial charge >= 0.3 is 0 Å². The summed E-state index contributed by atoms with van der Waals surface area (Å²) in [4.78, 5) is 26.7. The van der Waals surface area contributed by atoms with Gasteiger partial charge in [0.1, 0.15) is 5.69 Å². The Morgan fingerprint density at radius 3 is 2.82 bits per heavy atom. The van der Waals surface area contributed by atoms with Gasteiger partial charge in [-0.15, -0.1) is 0 Å². The molecule has 0 bridgehead atoms. The molecule has 1 amide bonds. The van der Waals surface area contributed by atoms with E-state index < -0.39 is 0 Å². The van der Waals surface area contributed by atoms with E-state index in [1.54, 1.807) is 17.0 Å². The molecule has 4 rings (SSSR count). The highest BCUT2D eigenvalue weighted by Gasteiger charge is 2.17. The first-order valence-corrected chi connectivity index (χ1v) is 9.52. The number of amides is 1. The fourth-order valence-electron chi connectivity index (χ4n) is 2.85. The lowest BCUT2D eigenvalue weighted by molar-refractivity contribution is -0.121. The van der Waals surface area contributed by atoms with Gasteiger partial charge in [0.15, 0.2) is 0 Å². The van der Waals surface area contributed by atoms with E-state index in [2.05, 4.69) is 10.3 Å². The number of aromatic nitrogens is 3. The van der Waals surface area contributed by atoms with Gasteiger partial charge in [0.25, 0.3) is 6.47 Å². The van der Waals surface area contributed by atoms with Crippen molar-refractivity contribution in [1.29, 1.82) is 0 Å². The average molecular weight is 392 g/mol. The molecule has 0 aliphatic heterocycles. The van der Waals surface area contributed by atoms with Crippen LogP contribution in [0.2, 0.25) is 0 Å². The van der Waals surface area contributed by atoms with Crippen molar-refractivity contribution in [2.45, 2.75) is 13.3 Å². The fraction of sp³-hybridized carbons (Fsp3) is 0.100. The predicted octanol–water partition coefficient (Wildman–Crippen LogP) is 4.03. The zero-order chi connectivity index (χ0) is 19.5. The average Bonchev–Trinajstić information content (AvgIpc) is 3.33. The third kappa shape index (κ3) is 3.37. The minimum Gasteiger partial charge on any atom is -0.409 e. The lowest BCUT2D eigenvalue weighted by Crippen LogP contribution is -2.09. The number of fused-ring (bicyclic) bond motifs is 1. The van der Waals surface area contributed by atoms with Gasteiger partial charge in [-0.25, -0.2) is 4.68 Å². The predicted molar refractivity (Wildman–Crippen MR) is 108 cm³/mol. The highest BCUT2D eigenvalue weighted by molar-refractivity contribution is 7.12. The summed E-state index contributed by atoms with van der Waals surface area (Å²) in [5, 5.41) is 10.7. The molecule has 0 saturated carbocycles. The second kappa shape index (κ2) is 7.61. The van der Waals surface area contributed by atoms with Crippen LogP contribution >= 0.6 is 11.3 Å². The first-order chi connectivity index (χ1) is 13.7. The van der Waals surface area contributed by atoms with Gasteiger partial charge in [-0.1, -0.05) is 48.6 Å². The Labute approximate surface area is 164 Å². The largest absolute Gasteiger partial charge is 0.409 e. The number of benzene rings is 2. The van der Waals surface area contributed by atoms with Crippen LogP contribution in [-0.4, -0.2) is 27.1 Å². The minimum atomic E-state index is -0.0652. The molecule has 2 heterocycles. The number of rotatable bonds is 6. The third-order valence-electron chi connectivity index (χ3n) is 4.15. The Bertz CT molecular complexity index is 1150. The number of carbonyl (C=O) groups is 2. The van der Waals surface area contributed by atoms with E-state index >= 15 is 0 Å². The number of nitrogens with zero attached hydrogens (tertiary/aromatic N) is 3. The number of hydrogen-bond acceptors (Lipinski definition) is 6. The molecule has 0 aliphatic rings. The van der Waals surface area contributed by atoms with Crippen LogP contribution in [0, 0.1) is 0 Å². The number of hydrogen-bond donors (Lipinski definition) is 1. The first kappa shape index (κ1) is 17.9. The Morgan fingerprint density at radius 2 is 2.07 bits per heavy atom. The van der Waals surface area contributed by atoms with Crippen molar-refractivity contribution >= 4 is 40.3 Å². The molecule has 0 saturated heterocycles. The van der Waals surface area contributed by atoms with Crippen molar-refractivity contribution in [2.75, 3.05) is 5.32 Å². The Balaban J connectivity index is 1.89. The molecule has 0 spiro atoms. The SMILES string of the molecule is CCC(=O)Nc1ccc2c(-c3ccccc3)nn(-c3nc(OC=O)cs3)c2c1. The summed E-state index contributed by atoms with van der Waals surface area (Å²) in [6.45, 7) is 2.14. The van der Waals surface area contributed by atoms with E-state index in [4.69, 9.17) is 9.84 Å². The molecule has 2 aromatic carbocycles. The van der Waals surface area contributed by atoms with Crippen molar-refractivity contribution in [3.05, 3.63) is 53.9 Å². The quantitative estimate of drug-likeness (QED) is 0.501. The summed E-state index contributed by atoms with van der Waals surface area (Å²) in [7, 11) is 0.